The monoisotopic (exact) mass is 261 g/mol. The molecule has 1 N–H and O–H groups in total. The van der Waals surface area contributed by atoms with Gasteiger partial charge in [0.1, 0.15) is 11.6 Å². The van der Waals surface area contributed by atoms with Crippen molar-refractivity contribution in [1.82, 2.24) is 24.4 Å². The van der Waals surface area contributed by atoms with Gasteiger partial charge in [0, 0.05) is 51.2 Å². The molecule has 0 saturated heterocycles. The van der Waals surface area contributed by atoms with Gasteiger partial charge in [-0.05, 0) is 6.92 Å². The Morgan fingerprint density at radius 3 is 2.74 bits per heavy atom. The van der Waals surface area contributed by atoms with Crippen molar-refractivity contribution in [1.29, 1.82) is 0 Å². The highest BCUT2D eigenvalue weighted by molar-refractivity contribution is 5.05. The summed E-state index contributed by atoms with van der Waals surface area (Å²) in [4.78, 5) is 8.78. The first-order valence-electron chi connectivity index (χ1n) is 6.78. The van der Waals surface area contributed by atoms with Crippen LogP contribution in [0, 0.1) is 6.92 Å². The van der Waals surface area contributed by atoms with E-state index in [0.717, 1.165) is 31.2 Å². The van der Waals surface area contributed by atoms with E-state index in [2.05, 4.69) is 45.2 Å². The molecule has 19 heavy (non-hydrogen) atoms. The fourth-order valence-corrected chi connectivity index (χ4v) is 2.12. The number of hydrogen-bond acceptors (Lipinski definition) is 3. The van der Waals surface area contributed by atoms with E-state index in [-0.39, 0.29) is 0 Å². The molecular weight excluding hydrogens is 238 g/mol. The van der Waals surface area contributed by atoms with Gasteiger partial charge in [-0.2, -0.15) is 0 Å². The molecule has 0 unspecified atom stereocenters. The molecule has 0 spiro atoms. The van der Waals surface area contributed by atoms with Crippen molar-refractivity contribution in [3.05, 3.63) is 35.9 Å². The Balaban J connectivity index is 2.03. The van der Waals surface area contributed by atoms with Crippen molar-refractivity contribution in [2.24, 2.45) is 7.05 Å². The highest BCUT2D eigenvalue weighted by Crippen LogP contribution is 2.07. The molecular formula is C14H23N5. The Labute approximate surface area is 114 Å². The van der Waals surface area contributed by atoms with Gasteiger partial charge in [0.05, 0.1) is 5.69 Å². The first-order chi connectivity index (χ1) is 9.08. The van der Waals surface area contributed by atoms with Gasteiger partial charge in [-0.15, -0.1) is 0 Å². The standard InChI is InChI=1S/C14H23N5/c1-11(2)16-9-13-10-17-12(3)19(13)7-5-14-15-6-8-18(14)4/h6,8,10-11,16H,5,7,9H2,1-4H3. The number of nitrogens with one attached hydrogen (secondary N) is 1. The summed E-state index contributed by atoms with van der Waals surface area (Å²) in [5.41, 5.74) is 1.24. The predicted molar refractivity (Wildman–Crippen MR) is 75.9 cm³/mol. The van der Waals surface area contributed by atoms with E-state index in [1.807, 2.05) is 25.6 Å². The van der Waals surface area contributed by atoms with Crippen molar-refractivity contribution in [3.8, 4) is 0 Å². The molecule has 0 radical (unpaired) electrons. The van der Waals surface area contributed by atoms with Crippen molar-refractivity contribution in [3.63, 3.8) is 0 Å². The molecule has 5 heteroatoms. The molecule has 2 heterocycles. The fraction of sp³-hybridized carbons (Fsp3) is 0.571. The average Bonchev–Trinajstić information content (AvgIpc) is 2.91. The minimum atomic E-state index is 0.484. The summed E-state index contributed by atoms with van der Waals surface area (Å²) >= 11 is 0. The summed E-state index contributed by atoms with van der Waals surface area (Å²) in [6, 6.07) is 0.484. The van der Waals surface area contributed by atoms with E-state index in [9.17, 15) is 0 Å². The third-order valence-corrected chi connectivity index (χ3v) is 3.31. The molecule has 0 aliphatic carbocycles. The second-order valence-electron chi connectivity index (χ2n) is 5.19. The molecule has 2 aromatic heterocycles. The van der Waals surface area contributed by atoms with Crippen LogP contribution in [0.2, 0.25) is 0 Å². The third-order valence-electron chi connectivity index (χ3n) is 3.31. The third kappa shape index (κ3) is 3.44. The Bertz CT molecular complexity index is 524. The summed E-state index contributed by atoms with van der Waals surface area (Å²) in [6.45, 7) is 8.14. The molecule has 0 atom stereocenters. The first-order valence-corrected chi connectivity index (χ1v) is 6.78. The van der Waals surface area contributed by atoms with E-state index >= 15 is 0 Å². The van der Waals surface area contributed by atoms with Gasteiger partial charge >= 0.3 is 0 Å². The predicted octanol–water partition coefficient (Wildman–Crippen LogP) is 1.67. The zero-order valence-electron chi connectivity index (χ0n) is 12.2. The Kier molecular flexibility index (Phi) is 4.37. The van der Waals surface area contributed by atoms with E-state index in [4.69, 9.17) is 0 Å². The van der Waals surface area contributed by atoms with Crippen molar-refractivity contribution < 1.29 is 0 Å². The minimum Gasteiger partial charge on any atom is -0.338 e. The second-order valence-corrected chi connectivity index (χ2v) is 5.19. The first kappa shape index (κ1) is 13.8. The van der Waals surface area contributed by atoms with Gasteiger partial charge < -0.3 is 14.5 Å². The number of nitrogens with zero attached hydrogens (tertiary/aromatic N) is 4. The van der Waals surface area contributed by atoms with Crippen LogP contribution < -0.4 is 5.32 Å². The summed E-state index contributed by atoms with van der Waals surface area (Å²) in [6.07, 6.45) is 6.72. The van der Waals surface area contributed by atoms with Crippen LogP contribution in [0.4, 0.5) is 0 Å². The zero-order chi connectivity index (χ0) is 13.8. The van der Waals surface area contributed by atoms with E-state index in [1.54, 1.807) is 0 Å². The SMILES string of the molecule is Cc1ncc(CNC(C)C)n1CCc1nccn1C. The van der Waals surface area contributed by atoms with Gasteiger partial charge in [0.2, 0.25) is 0 Å². The lowest BCUT2D eigenvalue weighted by Gasteiger charge is -2.12. The molecule has 0 fully saturated rings. The van der Waals surface area contributed by atoms with Gasteiger partial charge in [-0.3, -0.25) is 0 Å². The molecule has 0 bridgehead atoms. The lowest BCUT2D eigenvalue weighted by Crippen LogP contribution is -2.24. The number of aromatic nitrogens is 4. The van der Waals surface area contributed by atoms with Crippen LogP contribution in [0.1, 0.15) is 31.2 Å². The minimum absolute atomic E-state index is 0.484. The summed E-state index contributed by atoms with van der Waals surface area (Å²) in [5, 5.41) is 3.44. The van der Waals surface area contributed by atoms with Crippen LogP contribution in [0.15, 0.2) is 18.6 Å². The smallest absolute Gasteiger partial charge is 0.110 e. The summed E-state index contributed by atoms with van der Waals surface area (Å²) < 4.78 is 4.34. The van der Waals surface area contributed by atoms with E-state index in [0.29, 0.717) is 6.04 Å². The Hall–Kier alpha value is -1.62. The van der Waals surface area contributed by atoms with Crippen LogP contribution >= 0.6 is 0 Å². The average molecular weight is 261 g/mol. The lowest BCUT2D eigenvalue weighted by molar-refractivity contribution is 0.544. The lowest BCUT2D eigenvalue weighted by atomic mass is 10.3. The second kappa shape index (κ2) is 6.02. The van der Waals surface area contributed by atoms with Crippen molar-refractivity contribution in [2.75, 3.05) is 0 Å². The van der Waals surface area contributed by atoms with Crippen molar-refractivity contribution in [2.45, 2.75) is 46.3 Å². The highest BCUT2D eigenvalue weighted by atomic mass is 15.1. The molecule has 0 amide bonds. The molecule has 2 rings (SSSR count). The molecule has 0 aliphatic rings. The molecule has 5 nitrogen and oxygen atoms in total. The topological polar surface area (TPSA) is 47.7 Å². The largest absolute Gasteiger partial charge is 0.338 e. The molecule has 0 aliphatic heterocycles. The maximum atomic E-state index is 4.41. The maximum absolute atomic E-state index is 4.41. The van der Waals surface area contributed by atoms with Gasteiger partial charge in [-0.25, -0.2) is 9.97 Å². The molecule has 0 saturated carbocycles. The van der Waals surface area contributed by atoms with Crippen molar-refractivity contribution >= 4 is 0 Å². The quantitative estimate of drug-likeness (QED) is 0.860. The summed E-state index contributed by atoms with van der Waals surface area (Å²) in [7, 11) is 2.03. The number of hydrogen-bond donors (Lipinski definition) is 1. The normalized spacial score (nSPS) is 11.4. The summed E-state index contributed by atoms with van der Waals surface area (Å²) in [5.74, 6) is 2.17. The van der Waals surface area contributed by atoms with Crippen LogP contribution in [0.5, 0.6) is 0 Å². The molecule has 104 valence electrons. The van der Waals surface area contributed by atoms with Crippen LogP contribution in [0.25, 0.3) is 0 Å². The van der Waals surface area contributed by atoms with Crippen LogP contribution in [-0.4, -0.2) is 25.1 Å². The highest BCUT2D eigenvalue weighted by Gasteiger charge is 2.08. The number of imidazole rings is 2. The van der Waals surface area contributed by atoms with Gasteiger partial charge in [0.15, 0.2) is 0 Å². The Morgan fingerprint density at radius 1 is 1.32 bits per heavy atom. The van der Waals surface area contributed by atoms with Gasteiger partial charge in [-0.1, -0.05) is 13.8 Å². The van der Waals surface area contributed by atoms with Crippen LogP contribution in [-0.2, 0) is 26.6 Å². The van der Waals surface area contributed by atoms with Crippen LogP contribution in [0.3, 0.4) is 0 Å². The Morgan fingerprint density at radius 2 is 2.11 bits per heavy atom. The van der Waals surface area contributed by atoms with Gasteiger partial charge in [0.25, 0.3) is 0 Å². The number of rotatable bonds is 6. The zero-order valence-corrected chi connectivity index (χ0v) is 12.2. The molecule has 0 aromatic carbocycles. The van der Waals surface area contributed by atoms with E-state index < -0.39 is 0 Å². The fourth-order valence-electron chi connectivity index (χ4n) is 2.12. The number of aryl methyl sites for hydroxylation is 3. The maximum Gasteiger partial charge on any atom is 0.110 e. The van der Waals surface area contributed by atoms with E-state index in [1.165, 1.54) is 5.69 Å². The molecule has 2 aromatic rings.